The summed E-state index contributed by atoms with van der Waals surface area (Å²) in [4.78, 5) is 14.3. The summed E-state index contributed by atoms with van der Waals surface area (Å²) in [7, 11) is 1.86. The van der Waals surface area contributed by atoms with Gasteiger partial charge in [-0.1, -0.05) is 19.1 Å². The van der Waals surface area contributed by atoms with Gasteiger partial charge >= 0.3 is 6.18 Å². The van der Waals surface area contributed by atoms with Gasteiger partial charge in [-0.3, -0.25) is 4.79 Å². The Labute approximate surface area is 176 Å². The number of halogens is 3. The van der Waals surface area contributed by atoms with Crippen molar-refractivity contribution in [3.8, 4) is 0 Å². The van der Waals surface area contributed by atoms with Crippen molar-refractivity contribution in [2.75, 3.05) is 4.90 Å². The lowest BCUT2D eigenvalue weighted by atomic mass is 9.97. The highest BCUT2D eigenvalue weighted by molar-refractivity contribution is 6.10. The van der Waals surface area contributed by atoms with Gasteiger partial charge in [0.15, 0.2) is 0 Å². The van der Waals surface area contributed by atoms with Gasteiger partial charge < -0.3 is 14.6 Å². The quantitative estimate of drug-likeness (QED) is 0.668. The number of aliphatic hydroxyl groups is 1. The number of nitrogens with zero attached hydrogens (tertiary/aromatic N) is 4. The maximum Gasteiger partial charge on any atom is 0.416 e. The third-order valence-corrected chi connectivity index (χ3v) is 5.63. The molecule has 162 valence electrons. The zero-order valence-corrected chi connectivity index (χ0v) is 17.0. The van der Waals surface area contributed by atoms with Gasteiger partial charge in [0, 0.05) is 24.7 Å². The average molecular weight is 430 g/mol. The molecule has 9 heteroatoms. The molecule has 31 heavy (non-hydrogen) atoms. The largest absolute Gasteiger partial charge is 0.416 e. The van der Waals surface area contributed by atoms with Crippen LogP contribution in [0.15, 0.2) is 42.7 Å². The number of carbonyl (C=O) groups excluding carboxylic acids is 1. The highest BCUT2D eigenvalue weighted by Gasteiger charge is 2.40. The smallest absolute Gasteiger partial charge is 0.392 e. The third kappa shape index (κ3) is 3.93. The molecule has 0 unspecified atom stereocenters. The highest BCUT2D eigenvalue weighted by Crippen LogP contribution is 2.39. The number of aliphatic hydroxyl groups excluding tert-OH is 1. The van der Waals surface area contributed by atoms with Crippen LogP contribution in [0, 0.1) is 0 Å². The van der Waals surface area contributed by atoms with Crippen LogP contribution in [0.4, 0.5) is 18.9 Å². The third-order valence-electron chi connectivity index (χ3n) is 5.63. The van der Waals surface area contributed by atoms with Crippen molar-refractivity contribution in [2.24, 2.45) is 7.05 Å². The Morgan fingerprint density at radius 2 is 2.00 bits per heavy atom. The number of anilines is 1. The van der Waals surface area contributed by atoms with Crippen LogP contribution in [0.1, 0.15) is 51.3 Å². The van der Waals surface area contributed by atoms with E-state index < -0.39 is 24.3 Å². The summed E-state index contributed by atoms with van der Waals surface area (Å²) in [5.41, 5.74) is 0.575. The molecule has 1 aliphatic heterocycles. The predicted octanol–water partition coefficient (Wildman–Crippen LogP) is 3.83. The van der Waals surface area contributed by atoms with E-state index in [1.165, 1.54) is 11.0 Å². The van der Waals surface area contributed by atoms with Crippen molar-refractivity contribution in [2.45, 2.75) is 38.6 Å². The van der Waals surface area contributed by atoms with Gasteiger partial charge in [-0.25, -0.2) is 0 Å². The van der Waals surface area contributed by atoms with Crippen LogP contribution in [0.25, 0.3) is 0 Å². The van der Waals surface area contributed by atoms with Crippen LogP contribution in [-0.4, -0.2) is 25.8 Å². The van der Waals surface area contributed by atoms with E-state index in [1.807, 2.05) is 30.7 Å². The number of fused-ring (bicyclic) bond motifs is 1. The highest BCUT2D eigenvalue weighted by atomic mass is 19.4. The Hall–Kier alpha value is -3.20. The molecule has 0 radical (unpaired) electrons. The molecule has 6 nitrogen and oxygen atoms in total. The van der Waals surface area contributed by atoms with Gasteiger partial charge in [0.25, 0.3) is 5.91 Å². The fraction of sp³-hybridized carbons (Fsp3) is 0.318. The minimum Gasteiger partial charge on any atom is -0.392 e. The van der Waals surface area contributed by atoms with Crippen LogP contribution in [0.3, 0.4) is 0 Å². The van der Waals surface area contributed by atoms with Crippen molar-refractivity contribution >= 4 is 11.6 Å². The van der Waals surface area contributed by atoms with E-state index in [0.717, 1.165) is 17.5 Å². The molecule has 0 saturated carbocycles. The van der Waals surface area contributed by atoms with Gasteiger partial charge in [-0.15, -0.1) is 10.2 Å². The summed E-state index contributed by atoms with van der Waals surface area (Å²) in [6.07, 6.45) is -2.36. The molecule has 0 bridgehead atoms. The van der Waals surface area contributed by atoms with Gasteiger partial charge in [0.05, 0.1) is 18.7 Å². The van der Waals surface area contributed by atoms with Crippen LogP contribution < -0.4 is 4.90 Å². The second-order valence-electron chi connectivity index (χ2n) is 7.77. The minimum atomic E-state index is -4.61. The van der Waals surface area contributed by atoms with E-state index in [0.29, 0.717) is 12.1 Å². The summed E-state index contributed by atoms with van der Waals surface area (Å²) in [6.45, 7) is 1.28. The Balaban J connectivity index is 1.66. The molecule has 0 aliphatic carbocycles. The fourth-order valence-electron chi connectivity index (χ4n) is 3.90. The number of alkyl halides is 3. The molecule has 0 fully saturated rings. The van der Waals surface area contributed by atoms with Gasteiger partial charge in [0.2, 0.25) is 0 Å². The molecule has 1 aromatic heterocycles. The van der Waals surface area contributed by atoms with Crippen LogP contribution >= 0.6 is 0 Å². The lowest BCUT2D eigenvalue weighted by Gasteiger charge is -2.19. The summed E-state index contributed by atoms with van der Waals surface area (Å²) >= 11 is 0. The van der Waals surface area contributed by atoms with Crippen LogP contribution in [0.5, 0.6) is 0 Å². The SMILES string of the molecule is C[C@H](Cc1nncn1C)c1cccc(N2Cc3c(cc(CO)cc3C(F)(F)F)C2=O)c1. The monoisotopic (exact) mass is 430 g/mol. The van der Waals surface area contributed by atoms with Crippen molar-refractivity contribution in [1.29, 1.82) is 0 Å². The Morgan fingerprint density at radius 3 is 2.65 bits per heavy atom. The molecule has 1 amide bonds. The Kier molecular flexibility index (Phi) is 5.30. The van der Waals surface area contributed by atoms with Gasteiger partial charge in [0.1, 0.15) is 12.2 Å². The van der Waals surface area contributed by atoms with Crippen molar-refractivity contribution in [3.05, 3.63) is 76.4 Å². The first-order chi connectivity index (χ1) is 14.7. The van der Waals surface area contributed by atoms with Crippen LogP contribution in [0.2, 0.25) is 0 Å². The standard InChI is InChI=1S/C22H21F3N4O2/c1-13(6-20-27-26-12-28(20)2)15-4-3-5-16(9-15)29-10-18-17(21(29)31)7-14(11-30)8-19(18)22(23,24)25/h3-5,7-9,12-13,30H,6,10-11H2,1-2H3/t13-/m1/s1. The van der Waals surface area contributed by atoms with E-state index in [-0.39, 0.29) is 29.2 Å². The summed E-state index contributed by atoms with van der Waals surface area (Å²) in [6, 6.07) is 9.50. The normalized spacial score (nSPS) is 14.8. The Morgan fingerprint density at radius 1 is 1.23 bits per heavy atom. The zero-order chi connectivity index (χ0) is 22.3. The van der Waals surface area contributed by atoms with Crippen molar-refractivity contribution < 1.29 is 23.1 Å². The number of carbonyl (C=O) groups is 1. The van der Waals surface area contributed by atoms with E-state index in [4.69, 9.17) is 0 Å². The number of benzene rings is 2. The second kappa shape index (κ2) is 7.81. The molecule has 1 N–H and O–H groups in total. The fourth-order valence-corrected chi connectivity index (χ4v) is 3.90. The van der Waals surface area contributed by atoms with Crippen molar-refractivity contribution in [1.82, 2.24) is 14.8 Å². The number of hydrogen-bond acceptors (Lipinski definition) is 4. The van der Waals surface area contributed by atoms with E-state index in [1.54, 1.807) is 18.5 Å². The zero-order valence-electron chi connectivity index (χ0n) is 17.0. The molecule has 1 atom stereocenters. The van der Waals surface area contributed by atoms with Gasteiger partial charge in [-0.05, 0) is 46.9 Å². The molecular weight excluding hydrogens is 409 g/mol. The number of hydrogen-bond donors (Lipinski definition) is 1. The molecule has 2 aromatic carbocycles. The molecule has 0 saturated heterocycles. The van der Waals surface area contributed by atoms with E-state index in [2.05, 4.69) is 10.2 Å². The molecule has 4 rings (SSSR count). The summed E-state index contributed by atoms with van der Waals surface area (Å²) in [5, 5.41) is 17.3. The van der Waals surface area contributed by atoms with Crippen molar-refractivity contribution in [3.63, 3.8) is 0 Å². The first-order valence-corrected chi connectivity index (χ1v) is 9.77. The lowest BCUT2D eigenvalue weighted by Crippen LogP contribution is -2.23. The minimum absolute atomic E-state index is 0.0172. The molecule has 2 heterocycles. The van der Waals surface area contributed by atoms with E-state index >= 15 is 0 Å². The number of amides is 1. The summed E-state index contributed by atoms with van der Waals surface area (Å²) in [5.74, 6) is 0.373. The molecule has 0 spiro atoms. The van der Waals surface area contributed by atoms with Crippen LogP contribution in [-0.2, 0) is 32.8 Å². The topological polar surface area (TPSA) is 71.2 Å². The molecule has 1 aliphatic rings. The number of aromatic nitrogens is 3. The lowest BCUT2D eigenvalue weighted by molar-refractivity contribution is -0.138. The second-order valence-corrected chi connectivity index (χ2v) is 7.77. The predicted molar refractivity (Wildman–Crippen MR) is 107 cm³/mol. The Bertz CT molecular complexity index is 1140. The summed E-state index contributed by atoms with van der Waals surface area (Å²) < 4.78 is 42.6. The first kappa shape index (κ1) is 21.0. The molecule has 3 aromatic rings. The number of rotatable bonds is 5. The average Bonchev–Trinajstić information content (AvgIpc) is 3.29. The van der Waals surface area contributed by atoms with Gasteiger partial charge in [-0.2, -0.15) is 13.2 Å². The van der Waals surface area contributed by atoms with E-state index in [9.17, 15) is 23.1 Å². The molecular formula is C22H21F3N4O2. The number of aryl methyl sites for hydroxylation is 1. The maximum absolute atomic E-state index is 13.6. The first-order valence-electron chi connectivity index (χ1n) is 9.77. The maximum atomic E-state index is 13.6.